The van der Waals surface area contributed by atoms with Gasteiger partial charge in [-0.1, -0.05) is 200 Å². The molecule has 1 saturated heterocycles. The van der Waals surface area contributed by atoms with E-state index in [-0.39, 0.29) is 12.1 Å². The van der Waals surface area contributed by atoms with Gasteiger partial charge in [-0.25, -0.2) is 0 Å². The van der Waals surface area contributed by atoms with E-state index in [1.165, 1.54) is 38.4 Å². The Morgan fingerprint density at radius 3 is 1.46 bits per heavy atom. The highest BCUT2D eigenvalue weighted by Crippen LogP contribution is 2.58. The molecule has 0 bridgehead atoms. The molecule has 12 rings (SSSR count). The molecule has 0 N–H and O–H groups in total. The van der Waals surface area contributed by atoms with Gasteiger partial charge in [-0.05, 0) is 104 Å². The van der Waals surface area contributed by atoms with Crippen LogP contribution in [0, 0.1) is 22.7 Å². The van der Waals surface area contributed by atoms with Gasteiger partial charge < -0.3 is 9.80 Å². The first-order chi connectivity index (χ1) is 34.6. The van der Waals surface area contributed by atoms with Crippen LogP contribution >= 0.6 is 0 Å². The molecule has 0 radical (unpaired) electrons. The van der Waals surface area contributed by atoms with E-state index < -0.39 is 0 Å². The maximum absolute atomic E-state index is 10.6. The fourth-order valence-electron chi connectivity index (χ4n) is 10.4. The van der Waals surface area contributed by atoms with Gasteiger partial charge in [-0.3, -0.25) is 0 Å². The highest BCUT2D eigenvalue weighted by atomic mass is 15.4. The summed E-state index contributed by atoms with van der Waals surface area (Å²) in [6.07, 6.45) is 8.35. The smallest absolute Gasteiger partial charge is 0.100 e. The fourth-order valence-corrected chi connectivity index (χ4v) is 10.4. The Kier molecular flexibility index (Phi) is 10.8. The van der Waals surface area contributed by atoms with Gasteiger partial charge in [-0.2, -0.15) is 10.5 Å². The fraction of sp³-hybridized carbons (Fsp3) is 0.0303. The van der Waals surface area contributed by atoms with Crippen molar-refractivity contribution in [3.8, 4) is 12.1 Å². The molecule has 1 fully saturated rings. The zero-order valence-corrected chi connectivity index (χ0v) is 38.2. The first-order valence-corrected chi connectivity index (χ1v) is 23.7. The number of nitriles is 2. The predicted octanol–water partition coefficient (Wildman–Crippen LogP) is 17.2. The summed E-state index contributed by atoms with van der Waals surface area (Å²) < 4.78 is 0. The van der Waals surface area contributed by atoms with E-state index in [9.17, 15) is 10.5 Å². The molecule has 1 aliphatic heterocycles. The van der Waals surface area contributed by atoms with Gasteiger partial charge in [0.2, 0.25) is 0 Å². The number of anilines is 4. The molecule has 0 aromatic heterocycles. The Balaban J connectivity index is 0.801. The highest BCUT2D eigenvalue weighted by molar-refractivity contribution is 6.10. The Labute approximate surface area is 407 Å². The van der Waals surface area contributed by atoms with Crippen LogP contribution in [-0.2, 0) is 0 Å². The lowest BCUT2D eigenvalue weighted by molar-refractivity contribution is 1.04. The third-order valence-electron chi connectivity index (χ3n) is 13.8. The summed E-state index contributed by atoms with van der Waals surface area (Å²) in [7, 11) is 0. The Morgan fingerprint density at radius 1 is 0.371 bits per heavy atom. The van der Waals surface area contributed by atoms with Crippen molar-refractivity contribution < 1.29 is 0 Å². The molecular weight excluding hydrogens is 849 g/mol. The lowest BCUT2D eigenvalue weighted by Crippen LogP contribution is -2.10. The molecule has 70 heavy (non-hydrogen) atoms. The maximum Gasteiger partial charge on any atom is 0.100 e. The van der Waals surface area contributed by atoms with Crippen LogP contribution in [0.1, 0.15) is 56.6 Å². The van der Waals surface area contributed by atoms with Crippen LogP contribution in [-0.4, -0.2) is 0 Å². The second-order valence-electron chi connectivity index (χ2n) is 17.9. The van der Waals surface area contributed by atoms with Crippen LogP contribution in [0.15, 0.2) is 231 Å². The van der Waals surface area contributed by atoms with Crippen LogP contribution < -0.4 is 9.80 Å². The summed E-state index contributed by atoms with van der Waals surface area (Å²) in [5.74, 6) is 0. The van der Waals surface area contributed by atoms with Crippen LogP contribution in [0.5, 0.6) is 0 Å². The quantitative estimate of drug-likeness (QED) is 0.0780. The Hall–Kier alpha value is -9.48. The predicted molar refractivity (Wildman–Crippen MR) is 292 cm³/mol. The number of hydrogen-bond acceptors (Lipinski definition) is 4. The van der Waals surface area contributed by atoms with E-state index >= 15 is 0 Å². The average Bonchev–Trinajstić information content (AvgIpc) is 4.18. The van der Waals surface area contributed by atoms with Crippen molar-refractivity contribution in [1.82, 2.24) is 0 Å². The SMILES string of the molecule is N#Cc1c2ccc(/C=C\c3ccc(N4C(c5ccccc5)C4c4cccc5ccccc45)cc3)cc2c(C#N)c2ccc(/C=C\c3ccc(N(c4ccccc4)c4cccc5ccccc45)cc3)cc12. The van der Waals surface area contributed by atoms with Crippen molar-refractivity contribution in [3.05, 3.63) is 275 Å². The first-order valence-electron chi connectivity index (χ1n) is 23.7. The minimum Gasteiger partial charge on any atom is -0.353 e. The second-order valence-corrected chi connectivity index (χ2v) is 17.9. The number of para-hydroxylation sites is 1. The molecule has 0 aliphatic carbocycles. The summed E-state index contributed by atoms with van der Waals surface area (Å²) >= 11 is 0. The summed E-state index contributed by atoms with van der Waals surface area (Å²) in [6, 6.07) is 86.4. The van der Waals surface area contributed by atoms with Gasteiger partial charge in [0.25, 0.3) is 0 Å². The molecule has 4 heteroatoms. The van der Waals surface area contributed by atoms with E-state index in [1.807, 2.05) is 42.5 Å². The number of hydrogen-bond donors (Lipinski definition) is 0. The van der Waals surface area contributed by atoms with Crippen LogP contribution in [0.4, 0.5) is 22.7 Å². The maximum atomic E-state index is 10.6. The average molecular weight is 893 g/mol. The van der Waals surface area contributed by atoms with E-state index in [0.29, 0.717) is 11.1 Å². The molecule has 1 heterocycles. The largest absolute Gasteiger partial charge is 0.353 e. The molecule has 0 saturated carbocycles. The van der Waals surface area contributed by atoms with Crippen molar-refractivity contribution in [2.45, 2.75) is 12.1 Å². The van der Waals surface area contributed by atoms with Gasteiger partial charge in [0.05, 0.1) is 28.9 Å². The summed E-state index contributed by atoms with van der Waals surface area (Å²) in [5.41, 5.74) is 12.2. The number of fused-ring (bicyclic) bond motifs is 4. The molecule has 0 amide bonds. The topological polar surface area (TPSA) is 53.8 Å². The summed E-state index contributed by atoms with van der Waals surface area (Å²) in [6.45, 7) is 0. The first kappa shape index (κ1) is 41.9. The highest BCUT2D eigenvalue weighted by Gasteiger charge is 2.50. The van der Waals surface area contributed by atoms with Gasteiger partial charge in [0, 0.05) is 44.0 Å². The summed E-state index contributed by atoms with van der Waals surface area (Å²) in [5, 5.41) is 29.2. The third-order valence-corrected chi connectivity index (χ3v) is 13.8. The van der Waals surface area contributed by atoms with Crippen molar-refractivity contribution in [2.24, 2.45) is 0 Å². The molecular formula is C66H44N4. The van der Waals surface area contributed by atoms with Crippen molar-refractivity contribution >= 4 is 90.1 Å². The van der Waals surface area contributed by atoms with Crippen molar-refractivity contribution in [2.75, 3.05) is 9.80 Å². The summed E-state index contributed by atoms with van der Waals surface area (Å²) in [4.78, 5) is 4.81. The Bertz CT molecular complexity index is 3910. The molecule has 11 aromatic rings. The normalized spacial score (nSPS) is 14.4. The molecule has 4 nitrogen and oxygen atoms in total. The van der Waals surface area contributed by atoms with E-state index in [0.717, 1.165) is 60.9 Å². The lowest BCUT2D eigenvalue weighted by atomic mass is 9.90. The molecule has 0 spiro atoms. The number of benzene rings is 11. The van der Waals surface area contributed by atoms with Crippen molar-refractivity contribution in [3.63, 3.8) is 0 Å². The van der Waals surface area contributed by atoms with Gasteiger partial charge >= 0.3 is 0 Å². The van der Waals surface area contributed by atoms with Gasteiger partial charge in [0.1, 0.15) is 12.1 Å². The molecule has 2 atom stereocenters. The van der Waals surface area contributed by atoms with E-state index in [4.69, 9.17) is 0 Å². The van der Waals surface area contributed by atoms with Gasteiger partial charge in [-0.15, -0.1) is 0 Å². The van der Waals surface area contributed by atoms with Crippen LogP contribution in [0.2, 0.25) is 0 Å². The molecule has 1 aliphatic rings. The number of rotatable bonds is 10. The lowest BCUT2D eigenvalue weighted by Gasteiger charge is -2.27. The zero-order valence-electron chi connectivity index (χ0n) is 38.2. The minimum atomic E-state index is 0.239. The van der Waals surface area contributed by atoms with Gasteiger partial charge in [0.15, 0.2) is 0 Å². The molecule has 2 unspecified atom stereocenters. The second kappa shape index (κ2) is 18.0. The Morgan fingerprint density at radius 2 is 0.843 bits per heavy atom. The number of nitrogens with zero attached hydrogens (tertiary/aromatic N) is 4. The monoisotopic (exact) mass is 892 g/mol. The zero-order chi connectivity index (χ0) is 47.0. The molecule has 328 valence electrons. The van der Waals surface area contributed by atoms with Crippen LogP contribution in [0.3, 0.4) is 0 Å². The standard InChI is InChI=1S/C66H44N4/c67-43-62-58-40-34-48(28-26-46-31-37-54(38-32-46)70-65(51-15-3-1-4-16-51)66(70)59-23-11-17-49-13-7-9-21-55(49)59)42-61(58)63(44-68)57-39-33-47(41-60(57)62)27-25-45-29-35-53(36-30-45)69(52-19-5-2-6-20-52)64-24-12-18-50-14-8-10-22-56(50)64/h1-42,65-66H/b27-25-,28-26-. The minimum absolute atomic E-state index is 0.239. The van der Waals surface area contributed by atoms with Crippen molar-refractivity contribution in [1.29, 1.82) is 10.5 Å². The molecule has 11 aromatic carbocycles. The van der Waals surface area contributed by atoms with E-state index in [2.05, 4.69) is 234 Å². The van der Waals surface area contributed by atoms with Crippen LogP contribution in [0.25, 0.3) is 67.4 Å². The van der Waals surface area contributed by atoms with E-state index in [1.54, 1.807) is 0 Å². The third kappa shape index (κ3) is 7.71.